The van der Waals surface area contributed by atoms with E-state index >= 15 is 0 Å². The van der Waals surface area contributed by atoms with Crippen LogP contribution < -0.4 is 0 Å². The fourth-order valence-electron chi connectivity index (χ4n) is 1.71. The van der Waals surface area contributed by atoms with Crippen molar-refractivity contribution in [1.82, 2.24) is 4.90 Å². The van der Waals surface area contributed by atoms with Gasteiger partial charge in [-0.05, 0) is 6.07 Å². The van der Waals surface area contributed by atoms with Gasteiger partial charge in [0.05, 0.1) is 44.6 Å². The van der Waals surface area contributed by atoms with Gasteiger partial charge < -0.3 is 14.3 Å². The zero-order valence-corrected chi connectivity index (χ0v) is 9.22. The minimum Gasteiger partial charge on any atom is -0.468 e. The van der Waals surface area contributed by atoms with Gasteiger partial charge in [0.1, 0.15) is 5.76 Å². The van der Waals surface area contributed by atoms with Crippen molar-refractivity contribution in [2.75, 3.05) is 26.4 Å². The van der Waals surface area contributed by atoms with E-state index < -0.39 is 0 Å². The molecule has 0 aliphatic carbocycles. The Bertz CT molecular complexity index is 425. The molecule has 0 spiro atoms. The van der Waals surface area contributed by atoms with Crippen molar-refractivity contribution in [3.05, 3.63) is 23.7 Å². The van der Waals surface area contributed by atoms with Crippen molar-refractivity contribution in [1.29, 1.82) is 0 Å². The van der Waals surface area contributed by atoms with E-state index in [1.165, 1.54) is 6.26 Å². The second kappa shape index (κ2) is 5.11. The van der Waals surface area contributed by atoms with E-state index in [-0.39, 0.29) is 44.6 Å². The molecular weight excluding hydrogens is 226 g/mol. The minimum absolute atomic E-state index is 0.0756. The summed E-state index contributed by atoms with van der Waals surface area (Å²) in [6, 6.07) is 1.56. The van der Waals surface area contributed by atoms with Crippen molar-refractivity contribution in [3.8, 4) is 0 Å². The second-order valence-electron chi connectivity index (χ2n) is 3.62. The number of furan rings is 1. The van der Waals surface area contributed by atoms with Gasteiger partial charge in [0.15, 0.2) is 0 Å². The molecule has 17 heavy (non-hydrogen) atoms. The van der Waals surface area contributed by atoms with E-state index in [2.05, 4.69) is 0 Å². The van der Waals surface area contributed by atoms with Crippen LogP contribution in [0.15, 0.2) is 16.7 Å². The molecule has 1 N–H and O–H groups in total. The Morgan fingerprint density at radius 1 is 1.41 bits per heavy atom. The number of imide groups is 1. The minimum atomic E-state index is -0.349. The average Bonchev–Trinajstić information content (AvgIpc) is 2.76. The van der Waals surface area contributed by atoms with Crippen molar-refractivity contribution in [2.24, 2.45) is 0 Å². The molecule has 1 aromatic heterocycles. The maximum atomic E-state index is 11.9. The number of amides is 2. The van der Waals surface area contributed by atoms with Gasteiger partial charge in [-0.15, -0.1) is 0 Å². The predicted octanol–water partition coefficient (Wildman–Crippen LogP) is -0.187. The molecule has 0 saturated carbocycles. The van der Waals surface area contributed by atoms with Gasteiger partial charge in [0.25, 0.3) is 5.91 Å². The normalized spacial score (nSPS) is 15.2. The third kappa shape index (κ3) is 2.37. The number of nitrogens with zero attached hydrogens (tertiary/aromatic N) is 1. The number of carbonyl (C=O) groups is 2. The van der Waals surface area contributed by atoms with Crippen molar-refractivity contribution >= 4 is 11.8 Å². The van der Waals surface area contributed by atoms with Crippen molar-refractivity contribution in [2.45, 2.75) is 6.42 Å². The maximum Gasteiger partial charge on any atom is 0.264 e. The Labute approximate surface area is 97.8 Å². The van der Waals surface area contributed by atoms with Gasteiger partial charge in [0, 0.05) is 0 Å². The fourth-order valence-corrected chi connectivity index (χ4v) is 1.71. The first-order valence-electron chi connectivity index (χ1n) is 5.33. The number of aliphatic hydroxyl groups excluding tert-OH is 1. The SMILES string of the molecule is O=C1Cc2occc2C(=O)N1CCOCCO. The van der Waals surface area contributed by atoms with Gasteiger partial charge in [0.2, 0.25) is 5.91 Å². The Morgan fingerprint density at radius 2 is 2.24 bits per heavy atom. The van der Waals surface area contributed by atoms with Crippen LogP contribution in [0.5, 0.6) is 0 Å². The van der Waals surface area contributed by atoms with E-state index in [4.69, 9.17) is 14.3 Å². The van der Waals surface area contributed by atoms with Crippen LogP contribution in [0.4, 0.5) is 0 Å². The summed E-state index contributed by atoms with van der Waals surface area (Å²) in [4.78, 5) is 24.7. The van der Waals surface area contributed by atoms with Crippen LogP contribution in [-0.4, -0.2) is 48.2 Å². The summed E-state index contributed by atoms with van der Waals surface area (Å²) in [5, 5.41) is 8.52. The Morgan fingerprint density at radius 3 is 3.00 bits per heavy atom. The molecule has 0 atom stereocenters. The second-order valence-corrected chi connectivity index (χ2v) is 3.62. The number of hydrogen-bond donors (Lipinski definition) is 1. The fraction of sp³-hybridized carbons (Fsp3) is 0.455. The standard InChI is InChI=1S/C11H13NO5/c13-3-6-16-5-2-12-10(14)7-9-8(11(12)15)1-4-17-9/h1,4,13H,2-3,5-7H2. The highest BCUT2D eigenvalue weighted by Gasteiger charge is 2.32. The summed E-state index contributed by atoms with van der Waals surface area (Å²) < 4.78 is 10.1. The van der Waals surface area contributed by atoms with Gasteiger partial charge in [-0.3, -0.25) is 14.5 Å². The van der Waals surface area contributed by atoms with E-state index in [0.717, 1.165) is 4.90 Å². The van der Waals surface area contributed by atoms with Gasteiger partial charge in [-0.25, -0.2) is 0 Å². The topological polar surface area (TPSA) is 80.0 Å². The van der Waals surface area contributed by atoms with E-state index in [9.17, 15) is 9.59 Å². The highest BCUT2D eigenvalue weighted by molar-refractivity contribution is 6.09. The van der Waals surface area contributed by atoms with Gasteiger partial charge in [-0.2, -0.15) is 0 Å². The Kier molecular flexibility index (Phi) is 3.55. The zero-order valence-electron chi connectivity index (χ0n) is 9.22. The van der Waals surface area contributed by atoms with Crippen LogP contribution in [0.1, 0.15) is 16.1 Å². The lowest BCUT2D eigenvalue weighted by Gasteiger charge is -2.23. The largest absolute Gasteiger partial charge is 0.468 e. The predicted molar refractivity (Wildman–Crippen MR) is 56.4 cm³/mol. The summed E-state index contributed by atoms with van der Waals surface area (Å²) in [6.07, 6.45) is 1.51. The molecule has 2 rings (SSSR count). The summed E-state index contributed by atoms with van der Waals surface area (Å²) >= 11 is 0. The van der Waals surface area contributed by atoms with Gasteiger partial charge >= 0.3 is 0 Å². The first kappa shape index (κ1) is 11.8. The van der Waals surface area contributed by atoms with Crippen molar-refractivity contribution in [3.63, 3.8) is 0 Å². The molecule has 0 radical (unpaired) electrons. The molecule has 0 fully saturated rings. The molecule has 0 saturated heterocycles. The molecule has 2 amide bonds. The summed E-state index contributed by atoms with van der Waals surface area (Å²) in [5.74, 6) is -0.213. The first-order chi connectivity index (χ1) is 8.24. The molecule has 1 aromatic rings. The maximum absolute atomic E-state index is 11.9. The van der Waals surface area contributed by atoms with E-state index in [1.54, 1.807) is 6.07 Å². The number of ether oxygens (including phenoxy) is 1. The summed E-state index contributed by atoms with van der Waals surface area (Å²) in [5.41, 5.74) is 0.437. The summed E-state index contributed by atoms with van der Waals surface area (Å²) in [7, 11) is 0. The molecule has 6 heteroatoms. The Balaban J connectivity index is 1.99. The van der Waals surface area contributed by atoms with E-state index in [1.807, 2.05) is 0 Å². The number of rotatable bonds is 5. The van der Waals surface area contributed by atoms with Crippen LogP contribution in [0, 0.1) is 0 Å². The summed E-state index contributed by atoms with van der Waals surface area (Å²) in [6.45, 7) is 0.550. The lowest BCUT2D eigenvalue weighted by molar-refractivity contribution is -0.129. The smallest absolute Gasteiger partial charge is 0.264 e. The quantitative estimate of drug-likeness (QED) is 0.569. The third-order valence-corrected chi connectivity index (χ3v) is 2.53. The lowest BCUT2D eigenvalue weighted by atomic mass is 10.1. The number of fused-ring (bicyclic) bond motifs is 1. The molecule has 1 aliphatic heterocycles. The average molecular weight is 239 g/mol. The van der Waals surface area contributed by atoms with Crippen LogP contribution >= 0.6 is 0 Å². The monoisotopic (exact) mass is 239 g/mol. The van der Waals surface area contributed by atoms with Crippen LogP contribution in [0.25, 0.3) is 0 Å². The van der Waals surface area contributed by atoms with Crippen LogP contribution in [0.2, 0.25) is 0 Å². The highest BCUT2D eigenvalue weighted by Crippen LogP contribution is 2.20. The molecular formula is C11H13NO5. The lowest BCUT2D eigenvalue weighted by Crippen LogP contribution is -2.43. The van der Waals surface area contributed by atoms with Crippen molar-refractivity contribution < 1.29 is 23.8 Å². The molecule has 0 unspecified atom stereocenters. The van der Waals surface area contributed by atoms with Crippen LogP contribution in [-0.2, 0) is 16.0 Å². The van der Waals surface area contributed by atoms with Crippen LogP contribution in [0.3, 0.4) is 0 Å². The first-order valence-corrected chi connectivity index (χ1v) is 5.33. The molecule has 0 bridgehead atoms. The number of hydrogen-bond acceptors (Lipinski definition) is 5. The number of carbonyl (C=O) groups excluding carboxylic acids is 2. The molecule has 6 nitrogen and oxygen atoms in total. The van der Waals surface area contributed by atoms with E-state index in [0.29, 0.717) is 11.3 Å². The zero-order chi connectivity index (χ0) is 12.3. The molecule has 0 aromatic carbocycles. The molecule has 2 heterocycles. The third-order valence-electron chi connectivity index (χ3n) is 2.53. The van der Waals surface area contributed by atoms with Gasteiger partial charge in [-0.1, -0.05) is 0 Å². The molecule has 1 aliphatic rings. The molecule has 92 valence electrons. The Hall–Kier alpha value is -1.66. The number of aliphatic hydroxyl groups is 1. The highest BCUT2D eigenvalue weighted by atomic mass is 16.5.